The van der Waals surface area contributed by atoms with Gasteiger partial charge in [0.05, 0.1) is 0 Å². The molecular formula is C20H53N11. The van der Waals surface area contributed by atoms with Gasteiger partial charge in [-0.25, -0.2) is 0 Å². The Kier molecular flexibility index (Phi) is 23.9. The van der Waals surface area contributed by atoms with Crippen molar-refractivity contribution in [1.29, 1.82) is 0 Å². The van der Waals surface area contributed by atoms with Crippen molar-refractivity contribution in [2.45, 2.75) is 0 Å². The highest BCUT2D eigenvalue weighted by molar-refractivity contribution is 4.70. The summed E-state index contributed by atoms with van der Waals surface area (Å²) in [5.74, 6) is 0. The summed E-state index contributed by atoms with van der Waals surface area (Å²) in [4.78, 5) is 7.38. The maximum atomic E-state index is 5.83. The minimum absolute atomic E-state index is 0.667. The molecule has 0 aromatic carbocycles. The lowest BCUT2D eigenvalue weighted by Gasteiger charge is -2.30. The van der Waals surface area contributed by atoms with E-state index in [0.717, 1.165) is 98.2 Å². The van der Waals surface area contributed by atoms with Crippen LogP contribution < -0.4 is 44.6 Å². The average molecular weight is 448 g/mol. The van der Waals surface area contributed by atoms with Gasteiger partial charge in [-0.3, -0.25) is 14.7 Å². The van der Waals surface area contributed by atoms with Gasteiger partial charge in [0, 0.05) is 131 Å². The summed E-state index contributed by atoms with van der Waals surface area (Å²) in [6, 6.07) is 0. The fourth-order valence-corrected chi connectivity index (χ4v) is 3.33. The molecule has 0 aromatic heterocycles. The summed E-state index contributed by atoms with van der Waals surface area (Å²) in [6.45, 7) is 17.6. The molecule has 0 aliphatic heterocycles. The monoisotopic (exact) mass is 447 g/mol. The molecule has 31 heavy (non-hydrogen) atoms. The van der Waals surface area contributed by atoms with Gasteiger partial charge in [-0.1, -0.05) is 0 Å². The average Bonchev–Trinajstić information content (AvgIpc) is 2.77. The number of rotatable bonds is 25. The van der Waals surface area contributed by atoms with Gasteiger partial charge in [0.2, 0.25) is 0 Å². The third kappa shape index (κ3) is 19.9. The molecule has 0 amide bonds. The summed E-state index contributed by atoms with van der Waals surface area (Å²) >= 11 is 0. The molecule has 0 aliphatic carbocycles. The van der Waals surface area contributed by atoms with Crippen molar-refractivity contribution in [1.82, 2.24) is 30.7 Å². The molecular weight excluding hydrogens is 394 g/mol. The zero-order chi connectivity index (χ0) is 23.0. The number of hydrogen-bond acceptors (Lipinski definition) is 11. The largest absolute Gasteiger partial charge is 0.329 e. The van der Waals surface area contributed by atoms with E-state index >= 15 is 0 Å². The molecule has 0 radical (unpaired) electrons. The van der Waals surface area contributed by atoms with Gasteiger partial charge >= 0.3 is 0 Å². The summed E-state index contributed by atoms with van der Waals surface area (Å²) in [5, 5.41) is 10.1. The van der Waals surface area contributed by atoms with Crippen LogP contribution in [0.2, 0.25) is 0 Å². The molecule has 0 bridgehead atoms. The topological polar surface area (TPSA) is 176 Å². The Hall–Kier alpha value is -0.440. The Bertz CT molecular complexity index is 323. The van der Waals surface area contributed by atoms with Gasteiger partial charge in [0.25, 0.3) is 0 Å². The van der Waals surface area contributed by atoms with E-state index in [-0.39, 0.29) is 0 Å². The smallest absolute Gasteiger partial charge is 0.0110 e. The summed E-state index contributed by atoms with van der Waals surface area (Å²) in [5.41, 5.74) is 28.4. The molecule has 0 heterocycles. The second-order valence-corrected chi connectivity index (χ2v) is 7.72. The first-order valence-corrected chi connectivity index (χ1v) is 12.0. The van der Waals surface area contributed by atoms with Crippen LogP contribution in [0.25, 0.3) is 0 Å². The molecule has 0 spiro atoms. The molecule has 13 N–H and O–H groups in total. The van der Waals surface area contributed by atoms with Crippen LogP contribution in [-0.4, -0.2) is 146 Å². The number of nitrogens with zero attached hydrogens (tertiary/aromatic N) is 3. The number of hydrogen-bond donors (Lipinski definition) is 8. The number of nitrogens with one attached hydrogen (secondary N) is 3. The zero-order valence-corrected chi connectivity index (χ0v) is 19.9. The lowest BCUT2D eigenvalue weighted by atomic mass is 10.3. The van der Waals surface area contributed by atoms with Crippen LogP contribution in [0.15, 0.2) is 0 Å². The van der Waals surface area contributed by atoms with Crippen LogP contribution in [0.5, 0.6) is 0 Å². The molecule has 0 aliphatic rings. The maximum Gasteiger partial charge on any atom is 0.0110 e. The van der Waals surface area contributed by atoms with Gasteiger partial charge in [0.15, 0.2) is 0 Å². The van der Waals surface area contributed by atoms with Crippen molar-refractivity contribution in [3.05, 3.63) is 0 Å². The molecule has 0 saturated heterocycles. The first-order valence-electron chi connectivity index (χ1n) is 12.0. The second kappa shape index (κ2) is 24.2. The molecule has 0 aromatic rings. The predicted molar refractivity (Wildman–Crippen MR) is 133 cm³/mol. The quantitative estimate of drug-likeness (QED) is 0.0632. The van der Waals surface area contributed by atoms with E-state index in [0.29, 0.717) is 32.7 Å². The lowest BCUT2D eigenvalue weighted by molar-refractivity contribution is 0.178. The first-order chi connectivity index (χ1) is 15.2. The van der Waals surface area contributed by atoms with Crippen LogP contribution in [0.3, 0.4) is 0 Å². The van der Waals surface area contributed by atoms with Gasteiger partial charge in [-0.05, 0) is 0 Å². The Morgan fingerprint density at radius 1 is 0.323 bits per heavy atom. The van der Waals surface area contributed by atoms with Crippen LogP contribution in [0, 0.1) is 0 Å². The summed E-state index contributed by atoms with van der Waals surface area (Å²) in [7, 11) is 0. The van der Waals surface area contributed by atoms with Gasteiger partial charge in [0.1, 0.15) is 0 Å². The van der Waals surface area contributed by atoms with Crippen molar-refractivity contribution in [2.24, 2.45) is 28.7 Å². The molecule has 0 rings (SSSR count). The molecule has 0 atom stereocenters. The molecule has 11 heteroatoms. The molecule has 0 fully saturated rings. The number of nitrogens with two attached hydrogens (primary N) is 5. The van der Waals surface area contributed by atoms with E-state index in [4.69, 9.17) is 28.7 Å². The molecule has 0 saturated carbocycles. The van der Waals surface area contributed by atoms with E-state index in [1.807, 2.05) is 0 Å². The highest BCUT2D eigenvalue weighted by atomic mass is 15.2. The third-order valence-electron chi connectivity index (χ3n) is 5.13. The standard InChI is InChI=1S/C20H53N11/c21-1-6-26-9-14-29(12-4-24)17-19-31(16-11-28-8-3-23)20-18-30(13-5-25)15-10-27-7-2-22/h26-28H,1-25H2. The highest BCUT2D eigenvalue weighted by Gasteiger charge is 2.11. The van der Waals surface area contributed by atoms with Crippen molar-refractivity contribution in [2.75, 3.05) is 131 Å². The molecule has 11 nitrogen and oxygen atoms in total. The minimum Gasteiger partial charge on any atom is -0.329 e. The Morgan fingerprint density at radius 2 is 0.613 bits per heavy atom. The summed E-state index contributed by atoms with van der Waals surface area (Å²) < 4.78 is 0. The van der Waals surface area contributed by atoms with E-state index in [2.05, 4.69) is 30.7 Å². The van der Waals surface area contributed by atoms with Crippen LogP contribution in [0.1, 0.15) is 0 Å². The third-order valence-corrected chi connectivity index (χ3v) is 5.13. The second-order valence-electron chi connectivity index (χ2n) is 7.72. The summed E-state index contributed by atoms with van der Waals surface area (Å²) in [6.07, 6.45) is 0. The van der Waals surface area contributed by atoms with E-state index < -0.39 is 0 Å². The Balaban J connectivity index is 4.55. The van der Waals surface area contributed by atoms with Crippen molar-refractivity contribution in [3.8, 4) is 0 Å². The predicted octanol–water partition coefficient (Wildman–Crippen LogP) is -4.55. The van der Waals surface area contributed by atoms with Crippen molar-refractivity contribution in [3.63, 3.8) is 0 Å². The van der Waals surface area contributed by atoms with E-state index in [1.54, 1.807) is 0 Å². The van der Waals surface area contributed by atoms with Crippen LogP contribution >= 0.6 is 0 Å². The van der Waals surface area contributed by atoms with Gasteiger partial charge in [-0.2, -0.15) is 0 Å². The maximum absolute atomic E-state index is 5.83. The van der Waals surface area contributed by atoms with Crippen molar-refractivity contribution < 1.29 is 0 Å². The van der Waals surface area contributed by atoms with E-state index in [1.165, 1.54) is 0 Å². The Labute approximate surface area is 190 Å². The Morgan fingerprint density at radius 3 is 0.871 bits per heavy atom. The normalized spacial score (nSPS) is 12.0. The van der Waals surface area contributed by atoms with Crippen molar-refractivity contribution >= 4 is 0 Å². The van der Waals surface area contributed by atoms with E-state index in [9.17, 15) is 0 Å². The lowest BCUT2D eigenvalue weighted by Crippen LogP contribution is -2.46. The fraction of sp³-hybridized carbons (Fsp3) is 1.00. The van der Waals surface area contributed by atoms with Gasteiger partial charge in [-0.15, -0.1) is 0 Å². The minimum atomic E-state index is 0.667. The first kappa shape index (κ1) is 30.6. The van der Waals surface area contributed by atoms with Crippen LogP contribution in [0.4, 0.5) is 0 Å². The zero-order valence-electron chi connectivity index (χ0n) is 19.9. The van der Waals surface area contributed by atoms with Crippen LogP contribution in [-0.2, 0) is 0 Å². The fourth-order valence-electron chi connectivity index (χ4n) is 3.33. The molecule has 188 valence electrons. The molecule has 0 unspecified atom stereocenters. The van der Waals surface area contributed by atoms with Gasteiger partial charge < -0.3 is 44.6 Å². The SMILES string of the molecule is NCCNCCN(CCN)CCN(CCNCCN)CCN(CCN)CCNCCN. The highest BCUT2D eigenvalue weighted by Crippen LogP contribution is 1.95.